The minimum Gasteiger partial charge on any atom is -0.360 e. The molecule has 0 bridgehead atoms. The average Bonchev–Trinajstić information content (AvgIpc) is 3.17. The lowest BCUT2D eigenvalue weighted by atomic mass is 10.1. The Morgan fingerprint density at radius 2 is 2.08 bits per heavy atom. The number of nitrogens with zero attached hydrogens (tertiary/aromatic N) is 2. The molecule has 126 valence electrons. The normalized spacial score (nSPS) is 21.1. The molecule has 0 radical (unpaired) electrons. The van der Waals surface area contributed by atoms with Gasteiger partial charge in [0.2, 0.25) is 0 Å². The summed E-state index contributed by atoms with van der Waals surface area (Å²) in [6.45, 7) is 3.81. The zero-order chi connectivity index (χ0) is 16.4. The van der Waals surface area contributed by atoms with Crippen molar-refractivity contribution in [3.63, 3.8) is 0 Å². The summed E-state index contributed by atoms with van der Waals surface area (Å²) in [4.78, 5) is 14.6. The Balaban J connectivity index is 1.23. The van der Waals surface area contributed by atoms with Gasteiger partial charge >= 0.3 is 0 Å². The molecule has 1 saturated carbocycles. The summed E-state index contributed by atoms with van der Waals surface area (Å²) in [7, 11) is 0. The van der Waals surface area contributed by atoms with Gasteiger partial charge in [0.15, 0.2) is 5.69 Å². The molecule has 0 spiro atoms. The van der Waals surface area contributed by atoms with Crippen molar-refractivity contribution < 1.29 is 9.32 Å². The lowest BCUT2D eigenvalue weighted by Crippen LogP contribution is -2.31. The van der Waals surface area contributed by atoms with Crippen molar-refractivity contribution in [3.05, 3.63) is 53.4 Å². The number of amides is 1. The monoisotopic (exact) mass is 325 g/mol. The molecular formula is C19H23N3O2. The van der Waals surface area contributed by atoms with Crippen LogP contribution in [0.25, 0.3) is 0 Å². The molecule has 1 amide bonds. The summed E-state index contributed by atoms with van der Waals surface area (Å²) in [5.41, 5.74) is 1.76. The molecule has 2 fully saturated rings. The number of hydrogen-bond donors (Lipinski definition) is 1. The average molecular weight is 325 g/mol. The van der Waals surface area contributed by atoms with Crippen molar-refractivity contribution >= 4 is 5.91 Å². The van der Waals surface area contributed by atoms with Gasteiger partial charge in [-0.2, -0.15) is 0 Å². The van der Waals surface area contributed by atoms with Crippen LogP contribution in [0.1, 0.15) is 47.0 Å². The minimum absolute atomic E-state index is 0.118. The van der Waals surface area contributed by atoms with E-state index in [4.69, 9.17) is 4.52 Å². The molecule has 1 saturated heterocycles. The van der Waals surface area contributed by atoms with Crippen LogP contribution in [0.15, 0.2) is 40.9 Å². The fourth-order valence-electron chi connectivity index (χ4n) is 3.35. The van der Waals surface area contributed by atoms with Crippen molar-refractivity contribution in [3.8, 4) is 0 Å². The Kier molecular flexibility index (Phi) is 4.34. The number of carbonyl (C=O) groups is 1. The topological polar surface area (TPSA) is 58.4 Å². The third kappa shape index (κ3) is 3.67. The van der Waals surface area contributed by atoms with Gasteiger partial charge in [-0.05, 0) is 37.3 Å². The van der Waals surface area contributed by atoms with Crippen LogP contribution in [0.2, 0.25) is 0 Å². The van der Waals surface area contributed by atoms with Gasteiger partial charge in [-0.25, -0.2) is 0 Å². The SMILES string of the molecule is O=C(NC[C@@H]1CCN(Cc2ccccc2)C1)c1cc(C2CC2)on1. The number of hydrogen-bond acceptors (Lipinski definition) is 4. The largest absolute Gasteiger partial charge is 0.360 e. The summed E-state index contributed by atoms with van der Waals surface area (Å²) in [5, 5.41) is 6.91. The fraction of sp³-hybridized carbons (Fsp3) is 0.474. The van der Waals surface area contributed by atoms with Crippen LogP contribution in [-0.4, -0.2) is 35.6 Å². The molecule has 1 N–H and O–H groups in total. The van der Waals surface area contributed by atoms with Crippen LogP contribution in [-0.2, 0) is 6.54 Å². The molecule has 1 aliphatic heterocycles. The molecule has 1 aromatic heterocycles. The first-order valence-electron chi connectivity index (χ1n) is 8.79. The molecule has 4 rings (SSSR count). The summed E-state index contributed by atoms with van der Waals surface area (Å²) in [6, 6.07) is 12.3. The van der Waals surface area contributed by atoms with Gasteiger partial charge in [0.25, 0.3) is 5.91 Å². The van der Waals surface area contributed by atoms with E-state index < -0.39 is 0 Å². The highest BCUT2D eigenvalue weighted by molar-refractivity contribution is 5.92. The van der Waals surface area contributed by atoms with Gasteiger partial charge in [0, 0.05) is 31.6 Å². The second-order valence-electron chi connectivity index (χ2n) is 6.97. The zero-order valence-electron chi connectivity index (χ0n) is 13.8. The number of benzene rings is 1. The smallest absolute Gasteiger partial charge is 0.273 e. The molecule has 1 aromatic carbocycles. The van der Waals surface area contributed by atoms with Crippen molar-refractivity contribution in [2.75, 3.05) is 19.6 Å². The maximum atomic E-state index is 12.2. The van der Waals surface area contributed by atoms with Crippen LogP contribution >= 0.6 is 0 Å². The van der Waals surface area contributed by atoms with E-state index >= 15 is 0 Å². The molecule has 5 heteroatoms. The second kappa shape index (κ2) is 6.77. The van der Waals surface area contributed by atoms with Gasteiger partial charge in [-0.15, -0.1) is 0 Å². The quantitative estimate of drug-likeness (QED) is 0.887. The van der Waals surface area contributed by atoms with Crippen LogP contribution in [0.4, 0.5) is 0 Å². The van der Waals surface area contributed by atoms with Gasteiger partial charge in [0.1, 0.15) is 5.76 Å². The Labute approximate surface area is 142 Å². The Bertz CT molecular complexity index is 694. The van der Waals surface area contributed by atoms with Gasteiger partial charge in [-0.3, -0.25) is 9.69 Å². The maximum absolute atomic E-state index is 12.2. The van der Waals surface area contributed by atoms with Crippen molar-refractivity contribution in [1.29, 1.82) is 0 Å². The van der Waals surface area contributed by atoms with E-state index in [1.807, 2.05) is 6.07 Å². The lowest BCUT2D eigenvalue weighted by Gasteiger charge is -2.16. The van der Waals surface area contributed by atoms with Gasteiger partial charge in [-0.1, -0.05) is 35.5 Å². The van der Waals surface area contributed by atoms with Crippen molar-refractivity contribution in [2.24, 2.45) is 5.92 Å². The number of aromatic nitrogens is 1. The number of nitrogens with one attached hydrogen (secondary N) is 1. The van der Waals surface area contributed by atoms with Crippen LogP contribution < -0.4 is 5.32 Å². The molecule has 0 unspecified atom stereocenters. The van der Waals surface area contributed by atoms with Crippen LogP contribution in [0, 0.1) is 5.92 Å². The molecular weight excluding hydrogens is 302 g/mol. The first kappa shape index (κ1) is 15.4. The van der Waals surface area contributed by atoms with E-state index in [-0.39, 0.29) is 5.91 Å². The molecule has 2 aromatic rings. The first-order chi connectivity index (χ1) is 11.8. The maximum Gasteiger partial charge on any atom is 0.273 e. The number of rotatable bonds is 6. The van der Waals surface area contributed by atoms with E-state index in [9.17, 15) is 4.79 Å². The van der Waals surface area contributed by atoms with Crippen molar-refractivity contribution in [2.45, 2.75) is 31.7 Å². The Morgan fingerprint density at radius 3 is 2.88 bits per heavy atom. The summed E-state index contributed by atoms with van der Waals surface area (Å²) >= 11 is 0. The molecule has 1 atom stereocenters. The predicted molar refractivity (Wildman–Crippen MR) is 90.6 cm³/mol. The molecule has 2 heterocycles. The third-order valence-corrected chi connectivity index (χ3v) is 4.91. The number of carbonyl (C=O) groups excluding carboxylic acids is 1. The highest BCUT2D eigenvalue weighted by Gasteiger charge is 2.29. The van der Waals surface area contributed by atoms with E-state index in [1.165, 1.54) is 5.56 Å². The van der Waals surface area contributed by atoms with Crippen molar-refractivity contribution in [1.82, 2.24) is 15.4 Å². The summed E-state index contributed by atoms with van der Waals surface area (Å²) in [6.07, 6.45) is 3.42. The minimum atomic E-state index is -0.118. The van der Waals surface area contributed by atoms with Gasteiger partial charge in [0.05, 0.1) is 0 Å². The second-order valence-corrected chi connectivity index (χ2v) is 6.97. The molecule has 2 aliphatic rings. The summed E-state index contributed by atoms with van der Waals surface area (Å²) in [5.74, 6) is 1.73. The van der Waals surface area contributed by atoms with E-state index in [1.54, 1.807) is 6.07 Å². The zero-order valence-corrected chi connectivity index (χ0v) is 13.8. The fourth-order valence-corrected chi connectivity index (χ4v) is 3.35. The Hall–Kier alpha value is -2.14. The molecule has 1 aliphatic carbocycles. The highest BCUT2D eigenvalue weighted by Crippen LogP contribution is 2.40. The molecule has 24 heavy (non-hydrogen) atoms. The van der Waals surface area contributed by atoms with E-state index in [0.717, 1.165) is 44.7 Å². The molecule has 5 nitrogen and oxygen atoms in total. The van der Waals surface area contributed by atoms with E-state index in [2.05, 4.69) is 39.6 Å². The van der Waals surface area contributed by atoms with Crippen LogP contribution in [0.5, 0.6) is 0 Å². The van der Waals surface area contributed by atoms with Gasteiger partial charge < -0.3 is 9.84 Å². The predicted octanol–water partition coefficient (Wildman–Crippen LogP) is 2.80. The van der Waals surface area contributed by atoms with E-state index in [0.29, 0.717) is 24.1 Å². The third-order valence-electron chi connectivity index (χ3n) is 4.91. The standard InChI is InChI=1S/C19H23N3O2/c23-19(17-10-18(24-21-17)16-6-7-16)20-11-15-8-9-22(13-15)12-14-4-2-1-3-5-14/h1-5,10,15-16H,6-9,11-13H2,(H,20,23)/t15-/m0/s1. The van der Waals surface area contributed by atoms with Crippen LogP contribution in [0.3, 0.4) is 0 Å². The summed E-state index contributed by atoms with van der Waals surface area (Å²) < 4.78 is 5.25. The lowest BCUT2D eigenvalue weighted by molar-refractivity contribution is 0.0938. The highest BCUT2D eigenvalue weighted by atomic mass is 16.5. The number of likely N-dealkylation sites (tertiary alicyclic amines) is 1. The first-order valence-corrected chi connectivity index (χ1v) is 8.79. The Morgan fingerprint density at radius 1 is 1.25 bits per heavy atom.